The molecule has 1 aliphatic heterocycles. The summed E-state index contributed by atoms with van der Waals surface area (Å²) in [6.07, 6.45) is 4.08. The fraction of sp³-hybridized carbons (Fsp3) is 0.526. The Labute approximate surface area is 161 Å². The largest absolute Gasteiger partial charge is 0.376 e. The molecular formula is C19H28N2O5S. The predicted molar refractivity (Wildman–Crippen MR) is 104 cm³/mol. The number of hydrogen-bond donors (Lipinski definition) is 1. The minimum Gasteiger partial charge on any atom is -0.376 e. The number of likely N-dealkylation sites (N-methyl/N-ethyl adjacent to an activating group) is 1. The molecule has 2 rings (SSSR count). The van der Waals surface area contributed by atoms with Crippen LogP contribution in [0.2, 0.25) is 0 Å². The number of rotatable bonds is 9. The van der Waals surface area contributed by atoms with Crippen LogP contribution in [-0.4, -0.2) is 57.6 Å². The summed E-state index contributed by atoms with van der Waals surface area (Å²) in [5.74, 6) is -0.287. The van der Waals surface area contributed by atoms with Crippen LogP contribution in [0.1, 0.15) is 26.2 Å². The lowest BCUT2D eigenvalue weighted by molar-refractivity contribution is -0.130. The fourth-order valence-corrected chi connectivity index (χ4v) is 3.82. The Morgan fingerprint density at radius 2 is 2.11 bits per heavy atom. The maximum absolute atomic E-state index is 12.4. The molecule has 1 heterocycles. The summed E-state index contributed by atoms with van der Waals surface area (Å²) in [6, 6.07) is 6.05. The summed E-state index contributed by atoms with van der Waals surface area (Å²) in [6.45, 7) is 6.58. The Morgan fingerprint density at radius 1 is 1.41 bits per heavy atom. The number of amides is 1. The lowest BCUT2D eigenvalue weighted by Crippen LogP contribution is -2.32. The lowest BCUT2D eigenvalue weighted by Gasteiger charge is -2.24. The summed E-state index contributed by atoms with van der Waals surface area (Å²) in [7, 11) is -2.09. The molecule has 7 nitrogen and oxygen atoms in total. The van der Waals surface area contributed by atoms with Crippen molar-refractivity contribution in [3.63, 3.8) is 0 Å². The second-order valence-corrected chi connectivity index (χ2v) is 8.60. The summed E-state index contributed by atoms with van der Waals surface area (Å²) in [4.78, 5) is 12.4. The number of nitrogens with zero attached hydrogens (tertiary/aromatic N) is 1. The van der Waals surface area contributed by atoms with Gasteiger partial charge in [0.1, 0.15) is 6.10 Å². The van der Waals surface area contributed by atoms with Crippen LogP contribution < -0.4 is 5.32 Å². The van der Waals surface area contributed by atoms with Crippen molar-refractivity contribution in [2.75, 3.05) is 32.1 Å². The first-order valence-electron chi connectivity index (χ1n) is 9.06. The van der Waals surface area contributed by atoms with E-state index in [0.29, 0.717) is 12.3 Å². The van der Waals surface area contributed by atoms with Crippen LogP contribution in [0.15, 0.2) is 41.8 Å². The highest BCUT2D eigenvalue weighted by atomic mass is 32.2. The van der Waals surface area contributed by atoms with Gasteiger partial charge in [-0.25, -0.2) is 8.42 Å². The molecule has 0 spiro atoms. The number of hydrogen-bond acceptors (Lipinski definition) is 5. The Hall–Kier alpha value is -1.74. The maximum atomic E-state index is 12.4. The molecule has 1 aromatic rings. The zero-order valence-electron chi connectivity index (χ0n) is 15.9. The van der Waals surface area contributed by atoms with Crippen LogP contribution >= 0.6 is 0 Å². The molecule has 0 bridgehead atoms. The van der Waals surface area contributed by atoms with Crippen molar-refractivity contribution in [1.82, 2.24) is 4.31 Å². The molecule has 0 radical (unpaired) electrons. The third-order valence-electron chi connectivity index (χ3n) is 4.39. The van der Waals surface area contributed by atoms with Gasteiger partial charge in [-0.2, -0.15) is 4.31 Å². The van der Waals surface area contributed by atoms with Crippen LogP contribution in [0.4, 0.5) is 5.69 Å². The number of ether oxygens (including phenoxy) is 2. The molecule has 1 aromatic carbocycles. The topological polar surface area (TPSA) is 84.9 Å². The van der Waals surface area contributed by atoms with E-state index in [4.69, 9.17) is 9.47 Å². The van der Waals surface area contributed by atoms with Gasteiger partial charge in [-0.15, -0.1) is 6.58 Å². The van der Waals surface area contributed by atoms with Gasteiger partial charge >= 0.3 is 0 Å². The first-order chi connectivity index (χ1) is 12.8. The van der Waals surface area contributed by atoms with Crippen molar-refractivity contribution in [2.45, 2.75) is 43.3 Å². The lowest BCUT2D eigenvalue weighted by atomic mass is 10.1. The summed E-state index contributed by atoms with van der Waals surface area (Å²) < 4.78 is 37.1. The van der Waals surface area contributed by atoms with E-state index < -0.39 is 16.1 Å². The highest BCUT2D eigenvalue weighted by Gasteiger charge is 2.21. The normalized spacial score (nSPS) is 18.9. The van der Waals surface area contributed by atoms with E-state index in [-0.39, 0.29) is 23.5 Å². The quantitative estimate of drug-likeness (QED) is 0.648. The van der Waals surface area contributed by atoms with Gasteiger partial charge < -0.3 is 14.8 Å². The fourth-order valence-electron chi connectivity index (χ4n) is 2.68. The number of carbonyl (C=O) groups excluding carboxylic acids is 1. The number of anilines is 1. The van der Waals surface area contributed by atoms with Crippen LogP contribution in [0.5, 0.6) is 0 Å². The van der Waals surface area contributed by atoms with Gasteiger partial charge in [0, 0.05) is 25.9 Å². The minimum absolute atomic E-state index is 0.0473. The van der Waals surface area contributed by atoms with Gasteiger partial charge in [-0.05, 0) is 50.5 Å². The number of benzene rings is 1. The molecule has 0 aromatic heterocycles. The Balaban J connectivity index is 1.89. The Morgan fingerprint density at radius 3 is 2.70 bits per heavy atom. The molecule has 150 valence electrons. The van der Waals surface area contributed by atoms with Crippen molar-refractivity contribution in [2.24, 2.45) is 0 Å². The standard InChI is InChI=1S/C19H28N2O5S/c1-4-12-21(3)27(23,24)18-10-8-16(9-11-18)20-19(22)15(2)26-14-17-7-5-6-13-25-17/h4,8-11,15,17H,1,5-7,12-14H2,2-3H3,(H,20,22). The van der Waals surface area contributed by atoms with Gasteiger partial charge in [0.25, 0.3) is 5.91 Å². The third-order valence-corrected chi connectivity index (χ3v) is 6.23. The number of nitrogens with one attached hydrogen (secondary N) is 1. The second-order valence-electron chi connectivity index (χ2n) is 6.55. The molecule has 27 heavy (non-hydrogen) atoms. The molecule has 0 aliphatic carbocycles. The van der Waals surface area contributed by atoms with Crippen molar-refractivity contribution in [1.29, 1.82) is 0 Å². The SMILES string of the molecule is C=CCN(C)S(=O)(=O)c1ccc(NC(=O)C(C)OCC2CCCCO2)cc1. The molecule has 2 atom stereocenters. The average Bonchev–Trinajstić information content (AvgIpc) is 2.67. The number of carbonyl (C=O) groups is 1. The van der Waals surface area contributed by atoms with Gasteiger partial charge in [-0.3, -0.25) is 4.79 Å². The van der Waals surface area contributed by atoms with E-state index >= 15 is 0 Å². The molecular weight excluding hydrogens is 368 g/mol. The van der Waals surface area contributed by atoms with Crippen molar-refractivity contribution >= 4 is 21.6 Å². The minimum atomic E-state index is -3.57. The van der Waals surface area contributed by atoms with E-state index in [2.05, 4.69) is 11.9 Å². The van der Waals surface area contributed by atoms with Gasteiger partial charge in [0.15, 0.2) is 0 Å². The Kier molecular flexibility index (Phi) is 7.97. The summed E-state index contributed by atoms with van der Waals surface area (Å²) in [5, 5.41) is 2.73. The summed E-state index contributed by atoms with van der Waals surface area (Å²) >= 11 is 0. The smallest absolute Gasteiger partial charge is 0.253 e. The molecule has 1 N–H and O–H groups in total. The monoisotopic (exact) mass is 396 g/mol. The van der Waals surface area contributed by atoms with E-state index in [1.807, 2.05) is 0 Å². The van der Waals surface area contributed by atoms with Gasteiger partial charge in [-0.1, -0.05) is 6.08 Å². The van der Waals surface area contributed by atoms with Crippen LogP contribution in [0, 0.1) is 0 Å². The molecule has 8 heteroatoms. The Bertz CT molecular complexity index is 727. The van der Waals surface area contributed by atoms with E-state index in [1.54, 1.807) is 19.1 Å². The zero-order chi connectivity index (χ0) is 19.9. The predicted octanol–water partition coefficient (Wildman–Crippen LogP) is 2.41. The van der Waals surface area contributed by atoms with Crippen LogP contribution in [-0.2, 0) is 24.3 Å². The average molecular weight is 397 g/mol. The first kappa shape index (κ1) is 21.6. The van der Waals surface area contributed by atoms with Crippen LogP contribution in [0.25, 0.3) is 0 Å². The van der Waals surface area contributed by atoms with Crippen molar-refractivity contribution < 1.29 is 22.7 Å². The zero-order valence-corrected chi connectivity index (χ0v) is 16.7. The maximum Gasteiger partial charge on any atom is 0.253 e. The molecule has 0 saturated carbocycles. The second kappa shape index (κ2) is 9.98. The van der Waals surface area contributed by atoms with Crippen molar-refractivity contribution in [3.05, 3.63) is 36.9 Å². The highest BCUT2D eigenvalue weighted by Crippen LogP contribution is 2.18. The first-order valence-corrected chi connectivity index (χ1v) is 10.5. The van der Waals surface area contributed by atoms with E-state index in [1.165, 1.54) is 29.6 Å². The molecule has 1 fully saturated rings. The third kappa shape index (κ3) is 6.14. The van der Waals surface area contributed by atoms with Gasteiger partial charge in [0.05, 0.1) is 17.6 Å². The summed E-state index contributed by atoms with van der Waals surface area (Å²) in [5.41, 5.74) is 0.509. The molecule has 1 amide bonds. The van der Waals surface area contributed by atoms with E-state index in [9.17, 15) is 13.2 Å². The van der Waals surface area contributed by atoms with Gasteiger partial charge in [0.2, 0.25) is 10.0 Å². The van der Waals surface area contributed by atoms with Crippen molar-refractivity contribution in [3.8, 4) is 0 Å². The van der Waals surface area contributed by atoms with E-state index in [0.717, 1.165) is 25.9 Å². The van der Waals surface area contributed by atoms with Crippen LogP contribution in [0.3, 0.4) is 0 Å². The highest BCUT2D eigenvalue weighted by molar-refractivity contribution is 7.89. The molecule has 1 aliphatic rings. The molecule has 2 unspecified atom stereocenters. The number of sulfonamides is 1. The molecule has 1 saturated heterocycles.